The molecule has 1 aliphatic heterocycles. The molecule has 8 nitrogen and oxygen atoms in total. The Hall–Kier alpha value is -2.94. The number of hydrogen-bond acceptors (Lipinski definition) is 7. The first-order valence-corrected chi connectivity index (χ1v) is 9.97. The van der Waals surface area contributed by atoms with E-state index in [1.54, 1.807) is 15.8 Å². The lowest BCUT2D eigenvalue weighted by molar-refractivity contribution is -0.312. The van der Waals surface area contributed by atoms with E-state index in [1.807, 2.05) is 30.3 Å². The second-order valence-corrected chi connectivity index (χ2v) is 7.53. The zero-order valence-electron chi connectivity index (χ0n) is 15.0. The first kappa shape index (κ1) is 18.4. The molecule has 2 aromatic heterocycles. The Labute approximate surface area is 165 Å². The maximum atomic E-state index is 12.5. The van der Waals surface area contributed by atoms with E-state index in [9.17, 15) is 14.7 Å². The average molecular weight is 396 g/mol. The van der Waals surface area contributed by atoms with Gasteiger partial charge in [0.1, 0.15) is 11.4 Å². The summed E-state index contributed by atoms with van der Waals surface area (Å²) in [5.41, 5.74) is 1.59. The number of benzene rings is 1. The normalized spacial score (nSPS) is 15.1. The second-order valence-electron chi connectivity index (χ2n) is 6.57. The molecule has 0 saturated carbocycles. The van der Waals surface area contributed by atoms with Crippen LogP contribution in [-0.4, -0.2) is 55.4 Å². The lowest BCUT2D eigenvalue weighted by Crippen LogP contribution is -2.44. The molecule has 144 valence electrons. The maximum absolute atomic E-state index is 12.5. The highest BCUT2D eigenvalue weighted by Crippen LogP contribution is 2.26. The Morgan fingerprint density at radius 2 is 1.89 bits per heavy atom. The Balaban J connectivity index is 1.45. The fourth-order valence-corrected chi connectivity index (χ4v) is 4.15. The Morgan fingerprint density at radius 3 is 2.61 bits per heavy atom. The summed E-state index contributed by atoms with van der Waals surface area (Å²) < 4.78 is 1.74. The van der Waals surface area contributed by atoms with Crippen LogP contribution in [0.25, 0.3) is 16.7 Å². The maximum Gasteiger partial charge on any atom is 0.232 e. The monoisotopic (exact) mass is 396 g/mol. The Morgan fingerprint density at radius 1 is 1.14 bits per heavy atom. The largest absolute Gasteiger partial charge is 0.550 e. The van der Waals surface area contributed by atoms with Gasteiger partial charge in [0, 0.05) is 25.0 Å². The number of likely N-dealkylation sites (tertiary alicyclic amines) is 1. The molecule has 0 atom stereocenters. The third-order valence-corrected chi connectivity index (χ3v) is 5.83. The van der Waals surface area contributed by atoms with Gasteiger partial charge < -0.3 is 14.8 Å². The predicted octanol–water partition coefficient (Wildman–Crippen LogP) is 0.896. The Kier molecular flexibility index (Phi) is 5.25. The molecule has 0 N–H and O–H groups in total. The van der Waals surface area contributed by atoms with Crippen LogP contribution >= 0.6 is 11.8 Å². The number of amides is 1. The highest BCUT2D eigenvalue weighted by atomic mass is 32.2. The summed E-state index contributed by atoms with van der Waals surface area (Å²) in [5.74, 6) is -1.27. The summed E-state index contributed by atoms with van der Waals surface area (Å²) in [7, 11) is 0. The van der Waals surface area contributed by atoms with Crippen LogP contribution in [0.4, 0.5) is 0 Å². The minimum Gasteiger partial charge on any atom is -0.550 e. The van der Waals surface area contributed by atoms with Crippen LogP contribution in [0.2, 0.25) is 0 Å². The summed E-state index contributed by atoms with van der Waals surface area (Å²) in [6.45, 7) is 0.895. The van der Waals surface area contributed by atoms with E-state index >= 15 is 0 Å². The Bertz CT molecular complexity index is 999. The quantitative estimate of drug-likeness (QED) is 0.466. The van der Waals surface area contributed by atoms with E-state index in [-0.39, 0.29) is 11.7 Å². The zero-order chi connectivity index (χ0) is 19.5. The van der Waals surface area contributed by atoms with Gasteiger partial charge in [-0.25, -0.2) is 14.6 Å². The number of thioether (sulfide) groups is 1. The molecule has 4 rings (SSSR count). The molecule has 0 aliphatic carbocycles. The van der Waals surface area contributed by atoms with Crippen molar-refractivity contribution >= 4 is 34.7 Å². The number of carbonyl (C=O) groups is 2. The van der Waals surface area contributed by atoms with Gasteiger partial charge in [0.15, 0.2) is 5.65 Å². The molecule has 3 heterocycles. The summed E-state index contributed by atoms with van der Waals surface area (Å²) in [6, 6.07) is 9.69. The number of rotatable bonds is 5. The zero-order valence-corrected chi connectivity index (χ0v) is 15.8. The standard InChI is InChI=1S/C19H19N5O3S/c25-16(23-8-6-13(7-9-23)19(26)27)11-28-18-15-10-22-24(17(15)20-12-21-18)14-4-2-1-3-5-14/h1-5,10,12-13H,6-9,11H2,(H,26,27)/p-1. The highest BCUT2D eigenvalue weighted by molar-refractivity contribution is 8.00. The summed E-state index contributed by atoms with van der Waals surface area (Å²) in [4.78, 5) is 33.8. The number of para-hydroxylation sites is 1. The van der Waals surface area contributed by atoms with Gasteiger partial charge in [0.05, 0.1) is 23.0 Å². The summed E-state index contributed by atoms with van der Waals surface area (Å²) in [5, 5.41) is 16.8. The predicted molar refractivity (Wildman–Crippen MR) is 102 cm³/mol. The van der Waals surface area contributed by atoms with Gasteiger partial charge in [0.25, 0.3) is 0 Å². The van der Waals surface area contributed by atoms with E-state index in [1.165, 1.54) is 18.1 Å². The number of carboxylic acid groups (broad SMARTS) is 1. The number of aliphatic carboxylic acids is 1. The van der Waals surface area contributed by atoms with Crippen molar-refractivity contribution in [3.63, 3.8) is 0 Å². The van der Waals surface area contributed by atoms with Crippen molar-refractivity contribution in [2.45, 2.75) is 17.9 Å². The molecule has 1 aromatic carbocycles. The molecule has 1 saturated heterocycles. The molecule has 0 bridgehead atoms. The number of hydrogen-bond donors (Lipinski definition) is 0. The van der Waals surface area contributed by atoms with Gasteiger partial charge >= 0.3 is 0 Å². The van der Waals surface area contributed by atoms with Crippen molar-refractivity contribution in [1.82, 2.24) is 24.6 Å². The van der Waals surface area contributed by atoms with Gasteiger partial charge in [-0.2, -0.15) is 5.10 Å². The number of piperidine rings is 1. The van der Waals surface area contributed by atoms with Crippen LogP contribution in [-0.2, 0) is 9.59 Å². The SMILES string of the molecule is O=C([O-])C1CCN(C(=O)CSc2ncnc3c2cnn3-c2ccccc2)CC1. The molecule has 1 fully saturated rings. The van der Waals surface area contributed by atoms with Crippen molar-refractivity contribution in [2.24, 2.45) is 5.92 Å². The van der Waals surface area contributed by atoms with E-state index < -0.39 is 11.9 Å². The van der Waals surface area contributed by atoms with Crippen molar-refractivity contribution in [2.75, 3.05) is 18.8 Å². The van der Waals surface area contributed by atoms with Gasteiger partial charge in [-0.05, 0) is 25.0 Å². The van der Waals surface area contributed by atoms with Crippen LogP contribution in [0.3, 0.4) is 0 Å². The molecular weight excluding hydrogens is 378 g/mol. The molecule has 0 unspecified atom stereocenters. The van der Waals surface area contributed by atoms with Crippen LogP contribution in [0, 0.1) is 5.92 Å². The molecule has 1 aliphatic rings. The van der Waals surface area contributed by atoms with Gasteiger partial charge in [-0.3, -0.25) is 4.79 Å². The molecular formula is C19H18N5O3S-. The summed E-state index contributed by atoms with van der Waals surface area (Å²) in [6.07, 6.45) is 4.07. The molecule has 1 amide bonds. The summed E-state index contributed by atoms with van der Waals surface area (Å²) >= 11 is 1.34. The topological polar surface area (TPSA) is 104 Å². The average Bonchev–Trinajstić information content (AvgIpc) is 3.17. The van der Waals surface area contributed by atoms with Crippen LogP contribution in [0.15, 0.2) is 47.9 Å². The van der Waals surface area contributed by atoms with Crippen molar-refractivity contribution < 1.29 is 14.7 Å². The first-order valence-electron chi connectivity index (χ1n) is 8.99. The number of carboxylic acids is 1. The van der Waals surface area contributed by atoms with Crippen LogP contribution in [0.5, 0.6) is 0 Å². The molecule has 9 heteroatoms. The number of fused-ring (bicyclic) bond motifs is 1. The molecule has 0 spiro atoms. The van der Waals surface area contributed by atoms with E-state index in [4.69, 9.17) is 0 Å². The molecule has 3 aromatic rings. The number of nitrogens with zero attached hydrogens (tertiary/aromatic N) is 5. The fraction of sp³-hybridized carbons (Fsp3) is 0.316. The highest BCUT2D eigenvalue weighted by Gasteiger charge is 2.23. The third-order valence-electron chi connectivity index (χ3n) is 4.84. The fourth-order valence-electron chi connectivity index (χ4n) is 3.28. The van der Waals surface area contributed by atoms with Crippen molar-refractivity contribution in [3.05, 3.63) is 42.9 Å². The van der Waals surface area contributed by atoms with E-state index in [0.717, 1.165) is 11.1 Å². The minimum absolute atomic E-state index is 0.0241. The number of carbonyl (C=O) groups excluding carboxylic acids is 2. The van der Waals surface area contributed by atoms with Crippen molar-refractivity contribution in [3.8, 4) is 5.69 Å². The van der Waals surface area contributed by atoms with E-state index in [2.05, 4.69) is 15.1 Å². The van der Waals surface area contributed by atoms with Crippen molar-refractivity contribution in [1.29, 1.82) is 0 Å². The minimum atomic E-state index is -1.03. The van der Waals surface area contributed by atoms with Gasteiger partial charge in [-0.1, -0.05) is 30.0 Å². The molecule has 28 heavy (non-hydrogen) atoms. The smallest absolute Gasteiger partial charge is 0.232 e. The van der Waals surface area contributed by atoms with E-state index in [0.29, 0.717) is 36.6 Å². The third kappa shape index (κ3) is 3.70. The van der Waals surface area contributed by atoms with Crippen LogP contribution in [0.1, 0.15) is 12.8 Å². The lowest BCUT2D eigenvalue weighted by atomic mass is 9.97. The lowest BCUT2D eigenvalue weighted by Gasteiger charge is -2.32. The second kappa shape index (κ2) is 7.97. The van der Waals surface area contributed by atoms with Gasteiger partial charge in [0.2, 0.25) is 5.91 Å². The molecule has 0 radical (unpaired) electrons. The van der Waals surface area contributed by atoms with Crippen LogP contribution < -0.4 is 5.11 Å². The number of aromatic nitrogens is 4. The first-order chi connectivity index (χ1) is 13.6. The van der Waals surface area contributed by atoms with Gasteiger partial charge in [-0.15, -0.1) is 0 Å².